The summed E-state index contributed by atoms with van der Waals surface area (Å²) in [6.07, 6.45) is 2.49. The number of aliphatic imine (C=N–C) groups is 1. The summed E-state index contributed by atoms with van der Waals surface area (Å²) in [5, 5.41) is 0. The van der Waals surface area contributed by atoms with E-state index >= 15 is 0 Å². The van der Waals surface area contributed by atoms with Crippen LogP contribution < -0.4 is 5.73 Å². The molecule has 2 N–H and O–H groups in total. The molecule has 0 bridgehead atoms. The van der Waals surface area contributed by atoms with E-state index < -0.39 is 0 Å². The van der Waals surface area contributed by atoms with Crippen molar-refractivity contribution in [3.05, 3.63) is 30.1 Å². The minimum atomic E-state index is -0.0407. The summed E-state index contributed by atoms with van der Waals surface area (Å²) in [6, 6.07) is 5.77. The number of aromatic nitrogens is 1. The minimum absolute atomic E-state index is 0. The molecule has 1 aromatic rings. The van der Waals surface area contributed by atoms with E-state index in [9.17, 15) is 4.79 Å². The SMILES string of the molecule is CCN(CC)C(N)=NCC(=O)N(C)CCc1ccccn1.I. The van der Waals surface area contributed by atoms with Gasteiger partial charge in [0.2, 0.25) is 5.91 Å². The monoisotopic (exact) mass is 419 g/mol. The Hall–Kier alpha value is -1.38. The van der Waals surface area contributed by atoms with E-state index in [1.54, 1.807) is 18.1 Å². The molecule has 0 aliphatic carbocycles. The van der Waals surface area contributed by atoms with Gasteiger partial charge in [0.05, 0.1) is 0 Å². The van der Waals surface area contributed by atoms with Gasteiger partial charge in [-0.05, 0) is 26.0 Å². The number of guanidine groups is 1. The molecular weight excluding hydrogens is 393 g/mol. The van der Waals surface area contributed by atoms with Crippen molar-refractivity contribution in [1.29, 1.82) is 0 Å². The molecule has 0 saturated heterocycles. The van der Waals surface area contributed by atoms with E-state index in [1.807, 2.05) is 36.9 Å². The summed E-state index contributed by atoms with van der Waals surface area (Å²) in [5.41, 5.74) is 6.82. The quantitative estimate of drug-likeness (QED) is 0.412. The number of likely N-dealkylation sites (N-methyl/N-ethyl adjacent to an activating group) is 1. The second kappa shape index (κ2) is 11.2. The average molecular weight is 419 g/mol. The standard InChI is InChI=1S/C15H25N5O.HI/c1-4-20(5-2)15(16)18-12-14(21)19(3)11-9-13-8-6-7-10-17-13;/h6-8,10H,4-5,9,11-12H2,1-3H3,(H2,16,18);1H. The molecule has 124 valence electrons. The molecule has 1 aromatic heterocycles. The highest BCUT2D eigenvalue weighted by atomic mass is 127. The molecule has 0 unspecified atom stereocenters. The zero-order chi connectivity index (χ0) is 15.7. The molecule has 22 heavy (non-hydrogen) atoms. The maximum Gasteiger partial charge on any atom is 0.244 e. The van der Waals surface area contributed by atoms with Crippen molar-refractivity contribution in [2.24, 2.45) is 10.7 Å². The van der Waals surface area contributed by atoms with Crippen LogP contribution in [0.15, 0.2) is 29.4 Å². The third-order valence-electron chi connectivity index (χ3n) is 3.32. The summed E-state index contributed by atoms with van der Waals surface area (Å²) in [4.78, 5) is 24.0. The highest BCUT2D eigenvalue weighted by Gasteiger charge is 2.09. The van der Waals surface area contributed by atoms with Crippen LogP contribution in [0, 0.1) is 0 Å². The van der Waals surface area contributed by atoms with Gasteiger partial charge < -0.3 is 15.5 Å². The van der Waals surface area contributed by atoms with Crippen LogP contribution in [0.4, 0.5) is 0 Å². The topological polar surface area (TPSA) is 74.8 Å². The Kier molecular flexibility index (Phi) is 10.5. The second-order valence-corrected chi connectivity index (χ2v) is 4.73. The van der Waals surface area contributed by atoms with Crippen LogP contribution in [-0.2, 0) is 11.2 Å². The van der Waals surface area contributed by atoms with Crippen molar-refractivity contribution >= 4 is 35.8 Å². The fraction of sp³-hybridized carbons (Fsp3) is 0.533. The lowest BCUT2D eigenvalue weighted by Gasteiger charge is -2.20. The maximum absolute atomic E-state index is 12.0. The summed E-state index contributed by atoms with van der Waals surface area (Å²) in [5.74, 6) is 0.382. The van der Waals surface area contributed by atoms with Gasteiger partial charge in [-0.2, -0.15) is 0 Å². The lowest BCUT2D eigenvalue weighted by atomic mass is 10.2. The number of halogens is 1. The van der Waals surface area contributed by atoms with Gasteiger partial charge in [-0.1, -0.05) is 6.07 Å². The Labute approximate surface area is 149 Å². The summed E-state index contributed by atoms with van der Waals surface area (Å²) in [6.45, 7) is 6.29. The average Bonchev–Trinajstić information content (AvgIpc) is 2.52. The number of carbonyl (C=O) groups is 1. The van der Waals surface area contributed by atoms with Crippen LogP contribution >= 0.6 is 24.0 Å². The van der Waals surface area contributed by atoms with Gasteiger partial charge in [0.15, 0.2) is 5.96 Å². The number of hydrogen-bond acceptors (Lipinski definition) is 3. The maximum atomic E-state index is 12.0. The first-order valence-corrected chi connectivity index (χ1v) is 7.27. The Balaban J connectivity index is 0.00000441. The largest absolute Gasteiger partial charge is 0.370 e. The predicted molar refractivity (Wildman–Crippen MR) is 100 cm³/mol. The van der Waals surface area contributed by atoms with Crippen molar-refractivity contribution in [3.63, 3.8) is 0 Å². The van der Waals surface area contributed by atoms with Gasteiger partial charge in [-0.25, -0.2) is 4.99 Å². The third kappa shape index (κ3) is 7.06. The van der Waals surface area contributed by atoms with Crippen molar-refractivity contribution in [3.8, 4) is 0 Å². The molecule has 0 aromatic carbocycles. The lowest BCUT2D eigenvalue weighted by molar-refractivity contribution is -0.128. The van der Waals surface area contributed by atoms with E-state index in [4.69, 9.17) is 5.73 Å². The molecule has 1 rings (SSSR count). The predicted octanol–water partition coefficient (Wildman–Crippen LogP) is 1.36. The van der Waals surface area contributed by atoms with E-state index in [1.165, 1.54) is 0 Å². The second-order valence-electron chi connectivity index (χ2n) is 4.73. The molecule has 0 saturated carbocycles. The van der Waals surface area contributed by atoms with Crippen LogP contribution in [0.2, 0.25) is 0 Å². The number of nitrogens with zero attached hydrogens (tertiary/aromatic N) is 4. The normalized spacial score (nSPS) is 10.8. The minimum Gasteiger partial charge on any atom is -0.370 e. The molecular formula is C15H26IN5O. The van der Waals surface area contributed by atoms with Gasteiger partial charge in [0, 0.05) is 45.0 Å². The van der Waals surface area contributed by atoms with Crippen molar-refractivity contribution in [2.45, 2.75) is 20.3 Å². The summed E-state index contributed by atoms with van der Waals surface area (Å²) < 4.78 is 0. The van der Waals surface area contributed by atoms with Gasteiger partial charge in [0.1, 0.15) is 6.54 Å². The highest BCUT2D eigenvalue weighted by molar-refractivity contribution is 14.0. The van der Waals surface area contributed by atoms with E-state index in [0.717, 1.165) is 25.2 Å². The molecule has 1 heterocycles. The molecule has 0 aliphatic heterocycles. The molecule has 0 atom stereocenters. The number of amides is 1. The smallest absolute Gasteiger partial charge is 0.244 e. The first kappa shape index (κ1) is 20.6. The fourth-order valence-corrected chi connectivity index (χ4v) is 1.87. The van der Waals surface area contributed by atoms with Crippen LogP contribution in [0.1, 0.15) is 19.5 Å². The van der Waals surface area contributed by atoms with Crippen molar-refractivity contribution < 1.29 is 4.79 Å². The Morgan fingerprint density at radius 1 is 1.32 bits per heavy atom. The Morgan fingerprint density at radius 3 is 2.55 bits per heavy atom. The number of hydrogen-bond donors (Lipinski definition) is 1. The van der Waals surface area contributed by atoms with Gasteiger partial charge in [-0.15, -0.1) is 24.0 Å². The number of rotatable bonds is 7. The molecule has 6 nitrogen and oxygen atoms in total. The number of nitrogens with two attached hydrogens (primary N) is 1. The Bertz CT molecular complexity index is 462. The zero-order valence-corrected chi connectivity index (χ0v) is 15.9. The fourth-order valence-electron chi connectivity index (χ4n) is 1.87. The van der Waals surface area contributed by atoms with E-state index in [2.05, 4.69) is 9.98 Å². The van der Waals surface area contributed by atoms with Crippen LogP contribution in [-0.4, -0.2) is 59.9 Å². The number of carbonyl (C=O) groups excluding carboxylic acids is 1. The van der Waals surface area contributed by atoms with E-state index in [0.29, 0.717) is 12.5 Å². The van der Waals surface area contributed by atoms with Gasteiger partial charge in [-0.3, -0.25) is 9.78 Å². The lowest BCUT2D eigenvalue weighted by Crippen LogP contribution is -2.38. The first-order valence-electron chi connectivity index (χ1n) is 7.27. The molecule has 0 radical (unpaired) electrons. The van der Waals surface area contributed by atoms with Crippen molar-refractivity contribution in [2.75, 3.05) is 33.2 Å². The zero-order valence-electron chi connectivity index (χ0n) is 13.5. The van der Waals surface area contributed by atoms with Crippen molar-refractivity contribution in [1.82, 2.24) is 14.8 Å². The van der Waals surface area contributed by atoms with Gasteiger partial charge >= 0.3 is 0 Å². The molecule has 0 aliphatic rings. The third-order valence-corrected chi connectivity index (χ3v) is 3.32. The molecule has 0 spiro atoms. The Morgan fingerprint density at radius 2 is 2.00 bits per heavy atom. The van der Waals surface area contributed by atoms with Crippen LogP contribution in [0.25, 0.3) is 0 Å². The summed E-state index contributed by atoms with van der Waals surface area (Å²) >= 11 is 0. The van der Waals surface area contributed by atoms with Crippen LogP contribution in [0.5, 0.6) is 0 Å². The first-order chi connectivity index (χ1) is 10.1. The van der Waals surface area contributed by atoms with Crippen LogP contribution in [0.3, 0.4) is 0 Å². The molecule has 0 fully saturated rings. The summed E-state index contributed by atoms with van der Waals surface area (Å²) in [7, 11) is 1.77. The van der Waals surface area contributed by atoms with E-state index in [-0.39, 0.29) is 36.4 Å². The van der Waals surface area contributed by atoms with Gasteiger partial charge in [0.25, 0.3) is 0 Å². The molecule has 7 heteroatoms. The highest BCUT2D eigenvalue weighted by Crippen LogP contribution is 1.97. The molecule has 1 amide bonds. The number of pyridine rings is 1.